The van der Waals surface area contributed by atoms with Crippen LogP contribution in [0.2, 0.25) is 0 Å². The van der Waals surface area contributed by atoms with Crippen molar-refractivity contribution in [2.45, 2.75) is 24.7 Å². The molecule has 0 bridgehead atoms. The third-order valence-corrected chi connectivity index (χ3v) is 6.21. The summed E-state index contributed by atoms with van der Waals surface area (Å²) < 4.78 is 5.86. The van der Waals surface area contributed by atoms with E-state index in [-0.39, 0.29) is 18.4 Å². The van der Waals surface area contributed by atoms with Crippen molar-refractivity contribution in [1.29, 1.82) is 0 Å². The molecule has 2 aromatic carbocycles. The molecular formula is C23H26N4O4. The smallest absolute Gasteiger partial charge is 0.271 e. The van der Waals surface area contributed by atoms with Crippen molar-refractivity contribution < 1.29 is 19.4 Å². The van der Waals surface area contributed by atoms with Gasteiger partial charge >= 0.3 is 0 Å². The Morgan fingerprint density at radius 2 is 2.03 bits per heavy atom. The van der Waals surface area contributed by atoms with Crippen LogP contribution in [0.1, 0.15) is 21.5 Å². The highest BCUT2D eigenvalue weighted by molar-refractivity contribution is 6.03. The Hall–Kier alpha value is -2.94. The lowest BCUT2D eigenvalue weighted by molar-refractivity contribution is -0.136. The van der Waals surface area contributed by atoms with Crippen molar-refractivity contribution in [3.05, 3.63) is 59.2 Å². The van der Waals surface area contributed by atoms with Gasteiger partial charge in [-0.15, -0.1) is 0 Å². The first-order valence-corrected chi connectivity index (χ1v) is 10.6. The molecule has 3 aliphatic heterocycles. The minimum absolute atomic E-state index is 0.158. The number of aliphatic hydroxyl groups is 1. The van der Waals surface area contributed by atoms with Crippen LogP contribution in [0, 0.1) is 0 Å². The van der Waals surface area contributed by atoms with E-state index in [2.05, 4.69) is 39.0 Å². The number of anilines is 1. The van der Waals surface area contributed by atoms with Crippen LogP contribution in [0.3, 0.4) is 0 Å². The molecule has 31 heavy (non-hydrogen) atoms. The molecule has 3 heterocycles. The van der Waals surface area contributed by atoms with E-state index in [1.807, 2.05) is 6.07 Å². The van der Waals surface area contributed by atoms with Crippen molar-refractivity contribution >= 4 is 17.5 Å². The van der Waals surface area contributed by atoms with Crippen LogP contribution in [0.25, 0.3) is 0 Å². The fourth-order valence-electron chi connectivity index (χ4n) is 4.32. The number of fused-ring (bicyclic) bond motifs is 2. The number of nitrogens with zero attached hydrogens (tertiary/aromatic N) is 1. The first-order valence-electron chi connectivity index (χ1n) is 10.6. The van der Waals surface area contributed by atoms with E-state index < -0.39 is 11.7 Å². The van der Waals surface area contributed by atoms with Crippen molar-refractivity contribution in [3.8, 4) is 5.75 Å². The SMILES string of the molecule is O=C(NCC(O)CN1CCc2ccccc2C1)c1ccc2c(c1)NC(=O)C1(CNC1)O2. The highest BCUT2D eigenvalue weighted by atomic mass is 16.5. The van der Waals surface area contributed by atoms with E-state index in [1.54, 1.807) is 18.2 Å². The van der Waals surface area contributed by atoms with Crippen LogP contribution in [-0.2, 0) is 17.8 Å². The lowest BCUT2D eigenvalue weighted by Gasteiger charge is -2.43. The number of ether oxygens (including phenoxy) is 1. The van der Waals surface area contributed by atoms with Crippen molar-refractivity contribution in [2.75, 3.05) is 38.0 Å². The van der Waals surface area contributed by atoms with Crippen molar-refractivity contribution in [2.24, 2.45) is 0 Å². The van der Waals surface area contributed by atoms with Gasteiger partial charge in [0.1, 0.15) is 5.75 Å². The molecule has 1 spiro atoms. The molecular weight excluding hydrogens is 396 g/mol. The molecule has 0 saturated carbocycles. The maximum Gasteiger partial charge on any atom is 0.271 e. The second-order valence-corrected chi connectivity index (χ2v) is 8.48. The number of nitrogens with one attached hydrogen (secondary N) is 3. The van der Waals surface area contributed by atoms with Crippen LogP contribution in [0.5, 0.6) is 5.75 Å². The number of carbonyl (C=O) groups excluding carboxylic acids is 2. The summed E-state index contributed by atoms with van der Waals surface area (Å²) >= 11 is 0. The average molecular weight is 422 g/mol. The number of carbonyl (C=O) groups is 2. The van der Waals surface area contributed by atoms with Gasteiger partial charge in [0.05, 0.1) is 11.8 Å². The molecule has 2 amide bonds. The monoisotopic (exact) mass is 422 g/mol. The predicted octanol–water partition coefficient (Wildman–Crippen LogP) is 0.508. The summed E-state index contributed by atoms with van der Waals surface area (Å²) in [6.45, 7) is 3.30. The van der Waals surface area contributed by atoms with Crippen LogP contribution in [-0.4, -0.2) is 66.2 Å². The Labute approximate surface area is 180 Å². The second kappa shape index (κ2) is 7.96. The quantitative estimate of drug-likeness (QED) is 0.560. The molecule has 1 atom stereocenters. The standard InChI is InChI=1S/C23H26N4O4/c28-18(12-27-8-7-15-3-1-2-4-17(15)11-27)10-25-21(29)16-5-6-20-19(9-16)26-22(30)23(31-20)13-24-14-23/h1-6,9,18,24,28H,7-8,10-14H2,(H,25,29)(H,26,30). The summed E-state index contributed by atoms with van der Waals surface area (Å²) in [6, 6.07) is 13.3. The Balaban J connectivity index is 1.15. The molecule has 8 nitrogen and oxygen atoms in total. The first kappa shape index (κ1) is 20.0. The van der Waals surface area contributed by atoms with E-state index in [1.165, 1.54) is 11.1 Å². The minimum atomic E-state index is -0.837. The Morgan fingerprint density at radius 1 is 1.23 bits per heavy atom. The number of β-amino-alcohol motifs (C(OH)–C–C–N with tert-alkyl or cyclic N) is 1. The molecule has 0 aliphatic carbocycles. The summed E-state index contributed by atoms with van der Waals surface area (Å²) in [5.74, 6) is 0.0589. The molecule has 3 aliphatic rings. The maximum atomic E-state index is 12.6. The van der Waals surface area contributed by atoms with Gasteiger partial charge in [-0.3, -0.25) is 14.5 Å². The van der Waals surface area contributed by atoms with Gasteiger partial charge in [0.15, 0.2) is 0 Å². The topological polar surface area (TPSA) is 103 Å². The van der Waals surface area contributed by atoms with E-state index >= 15 is 0 Å². The molecule has 1 unspecified atom stereocenters. The van der Waals surface area contributed by atoms with Crippen LogP contribution >= 0.6 is 0 Å². The Kier molecular flexibility index (Phi) is 5.13. The molecule has 2 aromatic rings. The average Bonchev–Trinajstić information content (AvgIpc) is 2.75. The molecule has 5 rings (SSSR count). The molecule has 162 valence electrons. The highest BCUT2D eigenvalue weighted by Crippen LogP contribution is 2.36. The van der Waals surface area contributed by atoms with Gasteiger partial charge in [-0.25, -0.2) is 0 Å². The lowest BCUT2D eigenvalue weighted by Crippen LogP contribution is -2.70. The van der Waals surface area contributed by atoms with Crippen LogP contribution in [0.15, 0.2) is 42.5 Å². The third kappa shape index (κ3) is 3.89. The van der Waals surface area contributed by atoms with E-state index in [0.717, 1.165) is 19.5 Å². The summed E-state index contributed by atoms with van der Waals surface area (Å²) in [5, 5.41) is 19.1. The molecule has 4 N–H and O–H groups in total. The van der Waals surface area contributed by atoms with Crippen molar-refractivity contribution in [3.63, 3.8) is 0 Å². The number of rotatable bonds is 5. The van der Waals surface area contributed by atoms with Gasteiger partial charge in [-0.2, -0.15) is 0 Å². The zero-order valence-corrected chi connectivity index (χ0v) is 17.2. The van der Waals surface area contributed by atoms with Gasteiger partial charge in [0.25, 0.3) is 11.8 Å². The molecule has 8 heteroatoms. The first-order chi connectivity index (χ1) is 15.0. The number of amides is 2. The molecule has 1 saturated heterocycles. The van der Waals surface area contributed by atoms with Crippen LogP contribution < -0.4 is 20.7 Å². The second-order valence-electron chi connectivity index (χ2n) is 8.48. The maximum absolute atomic E-state index is 12.6. The number of hydrogen-bond donors (Lipinski definition) is 4. The summed E-state index contributed by atoms with van der Waals surface area (Å²) in [6.07, 6.45) is 0.302. The minimum Gasteiger partial charge on any atom is -0.473 e. The summed E-state index contributed by atoms with van der Waals surface area (Å²) in [7, 11) is 0. The highest BCUT2D eigenvalue weighted by Gasteiger charge is 2.49. The van der Waals surface area contributed by atoms with Crippen molar-refractivity contribution in [1.82, 2.24) is 15.5 Å². The van der Waals surface area contributed by atoms with Gasteiger partial charge in [-0.05, 0) is 35.7 Å². The Bertz CT molecular complexity index is 1020. The van der Waals surface area contributed by atoms with Crippen LogP contribution in [0.4, 0.5) is 5.69 Å². The van der Waals surface area contributed by atoms with Gasteiger partial charge in [-0.1, -0.05) is 24.3 Å². The fourth-order valence-corrected chi connectivity index (χ4v) is 4.32. The number of aliphatic hydroxyl groups excluding tert-OH is 1. The van der Waals surface area contributed by atoms with E-state index in [0.29, 0.717) is 36.6 Å². The zero-order chi connectivity index (χ0) is 21.4. The third-order valence-electron chi connectivity index (χ3n) is 6.21. The van der Waals surface area contributed by atoms with E-state index in [9.17, 15) is 14.7 Å². The number of hydrogen-bond acceptors (Lipinski definition) is 6. The normalized spacial score (nSPS) is 20.0. The Morgan fingerprint density at radius 3 is 2.81 bits per heavy atom. The summed E-state index contributed by atoms with van der Waals surface area (Å²) in [5.41, 5.74) is 2.72. The van der Waals surface area contributed by atoms with E-state index in [4.69, 9.17) is 4.74 Å². The number of benzene rings is 2. The van der Waals surface area contributed by atoms with Gasteiger partial charge in [0, 0.05) is 44.8 Å². The molecule has 0 aromatic heterocycles. The largest absolute Gasteiger partial charge is 0.473 e. The predicted molar refractivity (Wildman–Crippen MR) is 115 cm³/mol. The molecule has 1 fully saturated rings. The van der Waals surface area contributed by atoms with Gasteiger partial charge < -0.3 is 25.8 Å². The zero-order valence-electron chi connectivity index (χ0n) is 17.2. The lowest BCUT2D eigenvalue weighted by atomic mass is 9.93. The molecule has 0 radical (unpaired) electrons. The summed E-state index contributed by atoms with van der Waals surface area (Å²) in [4.78, 5) is 27.1. The fraction of sp³-hybridized carbons (Fsp3) is 0.391. The van der Waals surface area contributed by atoms with Gasteiger partial charge in [0.2, 0.25) is 5.60 Å².